The number of carboxylic acids is 1. The smallest absolute Gasteiger partial charge is 0.310 e. The number of carboxylic acid groups (broad SMARTS) is 1. The molecule has 1 aromatic rings. The zero-order valence-corrected chi connectivity index (χ0v) is 10.1. The van der Waals surface area contributed by atoms with Crippen LogP contribution in [0.2, 0.25) is 0 Å². The molecule has 0 bridgehead atoms. The van der Waals surface area contributed by atoms with Gasteiger partial charge in [-0.1, -0.05) is 6.92 Å². The van der Waals surface area contributed by atoms with Crippen molar-refractivity contribution in [3.8, 4) is 0 Å². The second-order valence-corrected chi connectivity index (χ2v) is 4.00. The van der Waals surface area contributed by atoms with Crippen molar-refractivity contribution in [2.24, 2.45) is 5.92 Å². The first-order chi connectivity index (χ1) is 8.51. The lowest BCUT2D eigenvalue weighted by atomic mass is 10.0. The van der Waals surface area contributed by atoms with Crippen LogP contribution in [0.25, 0.3) is 0 Å². The number of carbonyl (C=O) groups is 2. The lowest BCUT2D eigenvalue weighted by molar-refractivity contribution is -0.181. The molecule has 1 fully saturated rings. The molecule has 2 rings (SSSR count). The van der Waals surface area contributed by atoms with E-state index in [4.69, 9.17) is 19.3 Å². The molecule has 0 aliphatic carbocycles. The number of aliphatic carboxylic acids is 1. The molecular weight excluding hydrogens is 246 g/mol. The first-order valence-electron chi connectivity index (χ1n) is 5.63. The molecule has 1 aromatic heterocycles. The minimum atomic E-state index is -0.828. The molecule has 1 aliphatic heterocycles. The average Bonchev–Trinajstić information content (AvgIpc) is 2.93. The Morgan fingerprint density at radius 1 is 1.50 bits per heavy atom. The molecule has 0 radical (unpaired) electrons. The van der Waals surface area contributed by atoms with Gasteiger partial charge in [-0.25, -0.2) is 0 Å². The van der Waals surface area contributed by atoms with Gasteiger partial charge in [0.25, 0.3) is 6.29 Å². The highest BCUT2D eigenvalue weighted by molar-refractivity contribution is 5.72. The predicted molar refractivity (Wildman–Crippen MR) is 56.2 cm³/mol. The number of rotatable bonds is 6. The van der Waals surface area contributed by atoms with Crippen LogP contribution in [0.1, 0.15) is 20.3 Å². The van der Waals surface area contributed by atoms with Crippen molar-refractivity contribution in [1.29, 1.82) is 0 Å². The summed E-state index contributed by atoms with van der Waals surface area (Å²) in [6, 6.07) is 0. The largest absolute Gasteiger partial charge is 0.481 e. The SMILES string of the molecule is CCC(=O)OC(C)On1on1N1CC(C(=O)O)C1. The number of nitrogens with zero attached hydrogens (tertiary/aromatic N) is 3. The lowest BCUT2D eigenvalue weighted by Crippen LogP contribution is -2.55. The predicted octanol–water partition coefficient (Wildman–Crippen LogP) is -0.737. The second-order valence-electron chi connectivity index (χ2n) is 4.00. The Labute approximate surface area is 102 Å². The molecule has 0 saturated carbocycles. The summed E-state index contributed by atoms with van der Waals surface area (Å²) < 4.78 is 9.79. The van der Waals surface area contributed by atoms with E-state index in [1.165, 1.54) is 4.96 Å². The Bertz CT molecular complexity index is 427. The Morgan fingerprint density at radius 3 is 2.72 bits per heavy atom. The average molecular weight is 261 g/mol. The summed E-state index contributed by atoms with van der Waals surface area (Å²) in [6.07, 6.45) is -0.496. The van der Waals surface area contributed by atoms with Gasteiger partial charge in [0.15, 0.2) is 0 Å². The normalized spacial score (nSPS) is 17.3. The van der Waals surface area contributed by atoms with Crippen molar-refractivity contribution in [1.82, 2.24) is 9.98 Å². The Hall–Kier alpha value is -2.06. The molecule has 1 unspecified atom stereocenters. The van der Waals surface area contributed by atoms with E-state index in [9.17, 15) is 9.59 Å². The van der Waals surface area contributed by atoms with Crippen LogP contribution in [0.15, 0.2) is 4.63 Å². The van der Waals surface area contributed by atoms with Crippen LogP contribution in [-0.2, 0) is 14.3 Å². The first-order valence-corrected chi connectivity index (χ1v) is 5.63. The number of ether oxygens (including phenoxy) is 1. The van der Waals surface area contributed by atoms with Crippen molar-refractivity contribution < 1.29 is 28.9 Å². The fourth-order valence-electron chi connectivity index (χ4n) is 1.43. The third-order valence-electron chi connectivity index (χ3n) is 2.54. The van der Waals surface area contributed by atoms with Gasteiger partial charge >= 0.3 is 11.9 Å². The van der Waals surface area contributed by atoms with E-state index in [2.05, 4.69) is 0 Å². The van der Waals surface area contributed by atoms with Crippen LogP contribution in [0.3, 0.4) is 0 Å². The van der Waals surface area contributed by atoms with Crippen LogP contribution in [0.4, 0.5) is 0 Å². The Morgan fingerprint density at radius 2 is 2.17 bits per heavy atom. The number of carbonyl (C=O) groups excluding carboxylic acids is 1. The van der Waals surface area contributed by atoms with Crippen LogP contribution in [0.5, 0.6) is 0 Å². The monoisotopic (exact) mass is 261 g/mol. The van der Waals surface area contributed by atoms with Crippen molar-refractivity contribution in [2.45, 2.75) is 26.6 Å². The number of hydrogen-bond donors (Lipinski definition) is 1. The molecule has 1 N–H and O–H groups in total. The van der Waals surface area contributed by atoms with Crippen LogP contribution >= 0.6 is 0 Å². The van der Waals surface area contributed by atoms with Gasteiger partial charge in [0, 0.05) is 18.3 Å². The van der Waals surface area contributed by atoms with E-state index in [0.29, 0.717) is 13.1 Å². The highest BCUT2D eigenvalue weighted by atomic mass is 17.0. The van der Waals surface area contributed by atoms with E-state index in [0.717, 1.165) is 5.02 Å². The van der Waals surface area contributed by atoms with Gasteiger partial charge in [-0.15, -0.1) is 0 Å². The zero-order chi connectivity index (χ0) is 13.3. The van der Waals surface area contributed by atoms with Crippen LogP contribution in [0, 0.1) is 5.92 Å². The number of aromatic nitrogens is 2. The summed E-state index contributed by atoms with van der Waals surface area (Å²) in [5.74, 6) is -1.58. The third-order valence-corrected chi connectivity index (χ3v) is 2.54. The standard InChI is InChI=1S/C9H15N3O6/c1-3-8(13)16-6(2)17-12-11(18-12)10-4-7(5-10)9(14)15/h6-7H,3-5H2,1-2H3,(H,14,15). The third kappa shape index (κ3) is 2.60. The van der Waals surface area contributed by atoms with Crippen LogP contribution < -0.4 is 9.85 Å². The molecule has 1 aliphatic rings. The molecule has 9 heteroatoms. The van der Waals surface area contributed by atoms with E-state index < -0.39 is 12.3 Å². The topological polar surface area (TPSA) is 99.1 Å². The van der Waals surface area contributed by atoms with Crippen LogP contribution in [-0.4, -0.2) is 46.4 Å². The van der Waals surface area contributed by atoms with Crippen molar-refractivity contribution in [3.05, 3.63) is 0 Å². The summed E-state index contributed by atoms with van der Waals surface area (Å²) in [5, 5.41) is 11.4. The van der Waals surface area contributed by atoms with Gasteiger partial charge in [0.2, 0.25) is 0 Å². The quantitative estimate of drug-likeness (QED) is 0.532. The summed E-state index contributed by atoms with van der Waals surface area (Å²) in [6.45, 7) is 3.96. The highest BCUT2D eigenvalue weighted by Crippen LogP contribution is 2.16. The van der Waals surface area contributed by atoms with Gasteiger partial charge in [-0.2, -0.15) is 4.63 Å². The number of esters is 1. The fraction of sp³-hybridized carbons (Fsp3) is 0.778. The Balaban J connectivity index is 1.72. The molecule has 1 saturated heterocycles. The molecular formula is C9H15N3O6. The van der Waals surface area contributed by atoms with Gasteiger partial charge in [0.05, 0.1) is 19.0 Å². The molecule has 102 valence electrons. The van der Waals surface area contributed by atoms with E-state index in [1.54, 1.807) is 18.9 Å². The lowest BCUT2D eigenvalue weighted by Gasteiger charge is -2.32. The second kappa shape index (κ2) is 4.67. The van der Waals surface area contributed by atoms with E-state index in [-0.39, 0.29) is 18.3 Å². The summed E-state index contributed by atoms with van der Waals surface area (Å²) >= 11 is 0. The minimum Gasteiger partial charge on any atom is -0.481 e. The summed E-state index contributed by atoms with van der Waals surface area (Å²) in [7, 11) is 0. The summed E-state index contributed by atoms with van der Waals surface area (Å²) in [5.41, 5.74) is 0. The van der Waals surface area contributed by atoms with E-state index in [1.807, 2.05) is 0 Å². The Kier molecular flexibility index (Phi) is 3.21. The minimum absolute atomic E-state index is 0.269. The van der Waals surface area contributed by atoms with Gasteiger partial charge < -0.3 is 14.7 Å². The molecule has 1 atom stereocenters. The van der Waals surface area contributed by atoms with Gasteiger partial charge in [0.1, 0.15) is 5.02 Å². The van der Waals surface area contributed by atoms with Crippen molar-refractivity contribution in [2.75, 3.05) is 18.1 Å². The van der Waals surface area contributed by atoms with Crippen molar-refractivity contribution in [3.63, 3.8) is 0 Å². The first kappa shape index (κ1) is 12.4. The molecule has 18 heavy (non-hydrogen) atoms. The zero-order valence-electron chi connectivity index (χ0n) is 10.1. The maximum Gasteiger partial charge on any atom is 0.310 e. The van der Waals surface area contributed by atoms with Gasteiger partial charge in [-0.3, -0.25) is 14.6 Å². The fourth-order valence-corrected chi connectivity index (χ4v) is 1.43. The highest BCUT2D eigenvalue weighted by Gasteiger charge is 2.38. The number of hydrogen-bond acceptors (Lipinski definition) is 6. The summed E-state index contributed by atoms with van der Waals surface area (Å²) in [4.78, 5) is 27.9. The molecule has 9 nitrogen and oxygen atoms in total. The van der Waals surface area contributed by atoms with Crippen molar-refractivity contribution >= 4 is 11.9 Å². The molecule has 0 amide bonds. The van der Waals surface area contributed by atoms with E-state index >= 15 is 0 Å². The molecule has 2 heterocycles. The maximum atomic E-state index is 11.0. The van der Waals surface area contributed by atoms with Gasteiger partial charge in [-0.05, 0) is 0 Å². The molecule has 0 aromatic carbocycles. The maximum absolute atomic E-state index is 11.0. The molecule has 0 spiro atoms.